The van der Waals surface area contributed by atoms with Gasteiger partial charge in [-0.1, -0.05) is 24.2 Å². The minimum atomic E-state index is -0.715. The summed E-state index contributed by atoms with van der Waals surface area (Å²) in [5.41, 5.74) is -0.542. The van der Waals surface area contributed by atoms with Crippen LogP contribution in [0.1, 0.15) is 30.6 Å². The molecule has 2 aromatic rings. The molecule has 4 aliphatic heterocycles. The molecule has 12 heteroatoms. The fourth-order valence-electron chi connectivity index (χ4n) is 6.10. The molecule has 10 nitrogen and oxygen atoms in total. The molecule has 2 atom stereocenters. The summed E-state index contributed by atoms with van der Waals surface area (Å²) in [6.07, 6.45) is 1.76. The van der Waals surface area contributed by atoms with Crippen LogP contribution < -0.4 is 9.64 Å². The Morgan fingerprint density at radius 1 is 1.22 bits per heavy atom. The second kappa shape index (κ2) is 10.5. The van der Waals surface area contributed by atoms with Crippen LogP contribution in [0.3, 0.4) is 0 Å². The Hall–Kier alpha value is -3.41. The number of pyridine rings is 1. The van der Waals surface area contributed by atoms with Crippen molar-refractivity contribution in [3.8, 4) is 22.8 Å². The van der Waals surface area contributed by atoms with Crippen LogP contribution >= 0.6 is 11.6 Å². The average Bonchev–Trinajstić information content (AvgIpc) is 3.14. The number of fused-ring (bicyclic) bond motifs is 2. The lowest BCUT2D eigenvalue weighted by Crippen LogP contribution is -2.57. The standard InChI is InChI=1S/C29H32ClFN4O6/c1-4-21(37)33-8-9-34-16(11-33)13-40-26-23(28(34)38)27(32-25(24(26)30)22-19(31)6-5-7-20(22)36)35-12-17(10-29(35,2)3)41-18-14-39-15-18/h4-7,16-18,36H,1,8-15H2,2-3H3. The van der Waals surface area contributed by atoms with Crippen molar-refractivity contribution in [3.05, 3.63) is 47.3 Å². The molecule has 1 aromatic carbocycles. The lowest BCUT2D eigenvalue weighted by molar-refractivity contribution is -0.150. The van der Waals surface area contributed by atoms with Crippen LogP contribution in [0.2, 0.25) is 5.02 Å². The lowest BCUT2D eigenvalue weighted by atomic mass is 9.99. The Kier molecular flexibility index (Phi) is 7.07. The summed E-state index contributed by atoms with van der Waals surface area (Å²) < 4.78 is 32.9. The van der Waals surface area contributed by atoms with Gasteiger partial charge in [-0.15, -0.1) is 0 Å². The molecule has 0 bridgehead atoms. The van der Waals surface area contributed by atoms with E-state index in [2.05, 4.69) is 6.58 Å². The zero-order valence-corrected chi connectivity index (χ0v) is 23.7. The highest BCUT2D eigenvalue weighted by atomic mass is 35.5. The first-order chi connectivity index (χ1) is 19.6. The normalized spacial score (nSPS) is 23.8. The van der Waals surface area contributed by atoms with Crippen LogP contribution in [-0.4, -0.2) is 101 Å². The van der Waals surface area contributed by atoms with Crippen molar-refractivity contribution in [2.24, 2.45) is 0 Å². The molecule has 5 heterocycles. The van der Waals surface area contributed by atoms with Gasteiger partial charge in [0.1, 0.15) is 46.4 Å². The second-order valence-corrected chi connectivity index (χ2v) is 11.8. The number of carbonyl (C=O) groups is 2. The zero-order valence-electron chi connectivity index (χ0n) is 22.9. The van der Waals surface area contributed by atoms with Gasteiger partial charge in [-0.3, -0.25) is 9.59 Å². The highest BCUT2D eigenvalue weighted by molar-refractivity contribution is 6.35. The fraction of sp³-hybridized carbons (Fsp3) is 0.483. The molecule has 0 saturated carbocycles. The Balaban J connectivity index is 1.48. The largest absolute Gasteiger partial charge is 0.507 e. The van der Waals surface area contributed by atoms with Crippen molar-refractivity contribution < 1.29 is 33.3 Å². The van der Waals surface area contributed by atoms with Crippen LogP contribution in [0, 0.1) is 5.82 Å². The van der Waals surface area contributed by atoms with Crippen molar-refractivity contribution in [1.82, 2.24) is 14.8 Å². The molecule has 4 aliphatic rings. The number of aromatic nitrogens is 1. The number of halogens is 2. The van der Waals surface area contributed by atoms with E-state index in [4.69, 9.17) is 30.8 Å². The van der Waals surface area contributed by atoms with Crippen molar-refractivity contribution in [3.63, 3.8) is 0 Å². The molecule has 41 heavy (non-hydrogen) atoms. The van der Waals surface area contributed by atoms with Gasteiger partial charge in [0.05, 0.1) is 30.9 Å². The average molecular weight is 587 g/mol. The zero-order chi connectivity index (χ0) is 29.1. The summed E-state index contributed by atoms with van der Waals surface area (Å²) in [5.74, 6) is -1.27. The number of phenols is 1. The fourth-order valence-corrected chi connectivity index (χ4v) is 6.38. The number of rotatable bonds is 5. The van der Waals surface area contributed by atoms with Gasteiger partial charge in [0.15, 0.2) is 5.75 Å². The van der Waals surface area contributed by atoms with E-state index in [-0.39, 0.29) is 82.9 Å². The van der Waals surface area contributed by atoms with E-state index >= 15 is 4.39 Å². The molecule has 2 amide bonds. The number of phenolic OH excluding ortho intramolecular Hbond substituents is 1. The SMILES string of the molecule is C=CC(=O)N1CCN2C(=O)c3c(N4CC(OC5COC5)CC4(C)C)nc(-c4c(O)cccc4F)c(Cl)c3OCC2C1. The number of amides is 2. The molecule has 0 radical (unpaired) electrons. The number of hydrogen-bond acceptors (Lipinski definition) is 8. The molecule has 6 rings (SSSR count). The second-order valence-electron chi connectivity index (χ2n) is 11.4. The van der Waals surface area contributed by atoms with E-state index in [9.17, 15) is 14.7 Å². The summed E-state index contributed by atoms with van der Waals surface area (Å²) in [5, 5.41) is 10.6. The van der Waals surface area contributed by atoms with Gasteiger partial charge in [-0.2, -0.15) is 0 Å². The van der Waals surface area contributed by atoms with Crippen LogP contribution in [0.5, 0.6) is 11.5 Å². The van der Waals surface area contributed by atoms with Crippen molar-refractivity contribution in [2.45, 2.75) is 44.1 Å². The molecule has 218 valence electrons. The lowest BCUT2D eigenvalue weighted by Gasteiger charge is -2.40. The van der Waals surface area contributed by atoms with Crippen LogP contribution in [0.25, 0.3) is 11.3 Å². The minimum absolute atomic E-state index is 0.0114. The first-order valence-electron chi connectivity index (χ1n) is 13.7. The monoisotopic (exact) mass is 586 g/mol. The van der Waals surface area contributed by atoms with Gasteiger partial charge >= 0.3 is 0 Å². The van der Waals surface area contributed by atoms with Gasteiger partial charge in [0.2, 0.25) is 5.91 Å². The number of carbonyl (C=O) groups excluding carboxylic acids is 2. The maximum atomic E-state index is 15.1. The van der Waals surface area contributed by atoms with Crippen molar-refractivity contribution in [2.75, 3.05) is 50.9 Å². The molecule has 0 spiro atoms. The number of aromatic hydroxyl groups is 1. The van der Waals surface area contributed by atoms with Crippen LogP contribution in [0.4, 0.5) is 10.2 Å². The number of hydrogen-bond donors (Lipinski definition) is 1. The molecule has 3 saturated heterocycles. The third kappa shape index (κ3) is 4.79. The third-order valence-electron chi connectivity index (χ3n) is 8.26. The maximum Gasteiger partial charge on any atom is 0.261 e. The predicted molar refractivity (Wildman–Crippen MR) is 149 cm³/mol. The van der Waals surface area contributed by atoms with E-state index in [0.717, 1.165) is 0 Å². The molecule has 0 aliphatic carbocycles. The minimum Gasteiger partial charge on any atom is -0.507 e. The summed E-state index contributed by atoms with van der Waals surface area (Å²) in [7, 11) is 0. The number of ether oxygens (including phenoxy) is 3. The maximum absolute atomic E-state index is 15.1. The molecule has 1 N–H and O–H groups in total. The summed E-state index contributed by atoms with van der Waals surface area (Å²) in [6.45, 7) is 10.1. The Labute approximate surface area is 242 Å². The highest BCUT2D eigenvalue weighted by Gasteiger charge is 2.46. The van der Waals surface area contributed by atoms with Gasteiger partial charge in [-0.25, -0.2) is 9.37 Å². The number of anilines is 1. The number of piperazine rings is 1. The van der Waals surface area contributed by atoms with E-state index in [0.29, 0.717) is 32.7 Å². The first-order valence-corrected chi connectivity index (χ1v) is 14.0. The number of nitrogens with zero attached hydrogens (tertiary/aromatic N) is 4. The quantitative estimate of drug-likeness (QED) is 0.533. The van der Waals surface area contributed by atoms with Crippen LogP contribution in [-0.2, 0) is 14.3 Å². The number of benzene rings is 1. The third-order valence-corrected chi connectivity index (χ3v) is 8.61. The Morgan fingerprint density at radius 2 is 2.00 bits per heavy atom. The van der Waals surface area contributed by atoms with Crippen molar-refractivity contribution in [1.29, 1.82) is 0 Å². The molecule has 2 unspecified atom stereocenters. The van der Waals surface area contributed by atoms with E-state index in [1.165, 1.54) is 24.3 Å². The van der Waals surface area contributed by atoms with Gasteiger partial charge in [0.25, 0.3) is 5.91 Å². The van der Waals surface area contributed by atoms with Crippen molar-refractivity contribution >= 4 is 29.2 Å². The molecule has 1 aromatic heterocycles. The molecule has 3 fully saturated rings. The topological polar surface area (TPSA) is 105 Å². The Morgan fingerprint density at radius 3 is 2.68 bits per heavy atom. The summed E-state index contributed by atoms with van der Waals surface area (Å²) >= 11 is 6.84. The Bertz CT molecular complexity index is 1400. The smallest absolute Gasteiger partial charge is 0.261 e. The van der Waals surface area contributed by atoms with Gasteiger partial charge in [0, 0.05) is 31.7 Å². The summed E-state index contributed by atoms with van der Waals surface area (Å²) in [6, 6.07) is 3.50. The van der Waals surface area contributed by atoms with E-state index < -0.39 is 17.4 Å². The predicted octanol–water partition coefficient (Wildman–Crippen LogP) is 3.25. The molecular formula is C29H32ClFN4O6. The summed E-state index contributed by atoms with van der Waals surface area (Å²) in [4.78, 5) is 36.7. The van der Waals surface area contributed by atoms with E-state index in [1.807, 2.05) is 18.7 Å². The molecular weight excluding hydrogens is 555 g/mol. The van der Waals surface area contributed by atoms with Crippen LogP contribution in [0.15, 0.2) is 30.9 Å². The highest BCUT2D eigenvalue weighted by Crippen LogP contribution is 2.48. The van der Waals surface area contributed by atoms with E-state index in [1.54, 1.807) is 9.80 Å². The van der Waals surface area contributed by atoms with Gasteiger partial charge < -0.3 is 34.0 Å². The first kappa shape index (κ1) is 27.7. The van der Waals surface area contributed by atoms with Gasteiger partial charge in [-0.05, 0) is 38.5 Å².